The van der Waals surface area contributed by atoms with Crippen molar-refractivity contribution in [2.45, 2.75) is 6.18 Å². The lowest BCUT2D eigenvalue weighted by atomic mass is 10.1. The monoisotopic (exact) mass is 416 g/mol. The van der Waals surface area contributed by atoms with Crippen molar-refractivity contribution in [2.75, 3.05) is 6.54 Å². The number of nitrogens with two attached hydrogens (primary N) is 1. The van der Waals surface area contributed by atoms with Gasteiger partial charge in [-0.2, -0.15) is 18.3 Å². The van der Waals surface area contributed by atoms with Gasteiger partial charge in [-0.3, -0.25) is 4.79 Å². The molecule has 0 aliphatic carbocycles. The van der Waals surface area contributed by atoms with Crippen molar-refractivity contribution in [1.29, 1.82) is 0 Å². The van der Waals surface area contributed by atoms with E-state index in [1.807, 2.05) is 6.07 Å². The van der Waals surface area contributed by atoms with Gasteiger partial charge in [0.2, 0.25) is 11.0 Å². The summed E-state index contributed by atoms with van der Waals surface area (Å²) in [5.41, 5.74) is 6.89. The maximum Gasteiger partial charge on any atom is 0.416 e. The molecule has 0 fully saturated rings. The van der Waals surface area contributed by atoms with Gasteiger partial charge in [0.15, 0.2) is 0 Å². The van der Waals surface area contributed by atoms with Crippen molar-refractivity contribution >= 4 is 28.5 Å². The van der Waals surface area contributed by atoms with Crippen LogP contribution in [0.1, 0.15) is 21.5 Å². The molecular weight excluding hydrogens is 401 g/mol. The van der Waals surface area contributed by atoms with Crippen LogP contribution >= 0.6 is 11.3 Å². The van der Waals surface area contributed by atoms with Gasteiger partial charge in [-0.05, 0) is 29.8 Å². The van der Waals surface area contributed by atoms with Crippen molar-refractivity contribution in [3.8, 4) is 11.3 Å². The highest BCUT2D eigenvalue weighted by molar-refractivity contribution is 7.13. The lowest BCUT2D eigenvalue weighted by Crippen LogP contribution is -2.10. The van der Waals surface area contributed by atoms with Crippen molar-refractivity contribution in [3.63, 3.8) is 0 Å². The highest BCUT2D eigenvalue weighted by Crippen LogP contribution is 2.32. The predicted octanol–water partition coefficient (Wildman–Crippen LogP) is 5.72. The Labute approximate surface area is 168 Å². The van der Waals surface area contributed by atoms with Crippen LogP contribution in [-0.2, 0) is 6.18 Å². The van der Waals surface area contributed by atoms with E-state index in [9.17, 15) is 18.0 Å². The summed E-state index contributed by atoms with van der Waals surface area (Å²) >= 11 is 1.24. The van der Waals surface area contributed by atoms with Crippen LogP contribution in [0, 0.1) is 0 Å². The van der Waals surface area contributed by atoms with E-state index in [0.717, 1.165) is 17.7 Å². The molecule has 2 aromatic carbocycles. The first-order valence-corrected chi connectivity index (χ1v) is 9.28. The molecule has 0 bridgehead atoms. The van der Waals surface area contributed by atoms with Gasteiger partial charge in [-0.1, -0.05) is 36.4 Å². The molecule has 5 nitrogen and oxygen atoms in total. The number of hydrogen-bond acceptors (Lipinski definition) is 5. The first-order valence-electron chi connectivity index (χ1n) is 8.40. The molecule has 1 aromatic heterocycles. The lowest BCUT2D eigenvalue weighted by Gasteiger charge is -2.06. The van der Waals surface area contributed by atoms with Gasteiger partial charge < -0.3 is 5.73 Å². The zero-order valence-corrected chi connectivity index (χ0v) is 15.7. The number of azo groups is 1. The summed E-state index contributed by atoms with van der Waals surface area (Å²) in [7, 11) is 0. The Morgan fingerprint density at radius 3 is 2.62 bits per heavy atom. The Hall–Kier alpha value is -3.33. The number of alkyl halides is 3. The van der Waals surface area contributed by atoms with E-state index >= 15 is 0 Å². The molecule has 1 amide bonds. The molecule has 0 saturated carbocycles. The van der Waals surface area contributed by atoms with E-state index in [4.69, 9.17) is 5.73 Å². The Bertz CT molecular complexity index is 1060. The number of primary amides is 1. The molecule has 3 aromatic rings. The second kappa shape index (κ2) is 8.78. The van der Waals surface area contributed by atoms with E-state index < -0.39 is 17.6 Å². The molecule has 0 saturated heterocycles. The SMILES string of the molecule is NC(=O)c1cccc(C=CCN=Nc2nc(-c3ccc(C(F)(F)F)cc3)cs2)c1. The van der Waals surface area contributed by atoms with Crippen LogP contribution in [0.25, 0.3) is 17.3 Å². The molecule has 29 heavy (non-hydrogen) atoms. The van der Waals surface area contributed by atoms with Gasteiger partial charge in [0.05, 0.1) is 17.8 Å². The van der Waals surface area contributed by atoms with Crippen LogP contribution < -0.4 is 5.73 Å². The molecule has 2 N–H and O–H groups in total. The van der Waals surface area contributed by atoms with E-state index in [1.165, 1.54) is 23.5 Å². The minimum absolute atomic E-state index is 0.302. The van der Waals surface area contributed by atoms with E-state index in [0.29, 0.717) is 28.5 Å². The normalized spacial score (nSPS) is 12.1. The van der Waals surface area contributed by atoms with E-state index in [-0.39, 0.29) is 0 Å². The van der Waals surface area contributed by atoms with Crippen molar-refractivity contribution in [2.24, 2.45) is 16.0 Å². The molecule has 3 rings (SSSR count). The Morgan fingerprint density at radius 2 is 1.93 bits per heavy atom. The van der Waals surface area contributed by atoms with Gasteiger partial charge in [0.1, 0.15) is 0 Å². The quantitative estimate of drug-likeness (QED) is 0.521. The first-order chi connectivity index (χ1) is 13.8. The average Bonchev–Trinajstić information content (AvgIpc) is 3.16. The summed E-state index contributed by atoms with van der Waals surface area (Å²) in [6.45, 7) is 0.302. The smallest absolute Gasteiger partial charge is 0.366 e. The number of hydrogen-bond donors (Lipinski definition) is 1. The summed E-state index contributed by atoms with van der Waals surface area (Å²) in [5, 5.41) is 10.1. The zero-order chi connectivity index (χ0) is 20.9. The van der Waals surface area contributed by atoms with E-state index in [1.54, 1.807) is 35.7 Å². The van der Waals surface area contributed by atoms with Crippen molar-refractivity contribution < 1.29 is 18.0 Å². The third-order valence-electron chi connectivity index (χ3n) is 3.82. The van der Waals surface area contributed by atoms with Crippen LogP contribution in [0.3, 0.4) is 0 Å². The van der Waals surface area contributed by atoms with Crippen molar-refractivity contribution in [1.82, 2.24) is 4.98 Å². The lowest BCUT2D eigenvalue weighted by molar-refractivity contribution is -0.137. The Balaban J connectivity index is 1.59. The van der Waals surface area contributed by atoms with Crippen LogP contribution in [0.5, 0.6) is 0 Å². The van der Waals surface area contributed by atoms with Crippen molar-refractivity contribution in [3.05, 3.63) is 76.7 Å². The summed E-state index contributed by atoms with van der Waals surface area (Å²) in [6.07, 6.45) is -0.802. The highest BCUT2D eigenvalue weighted by Gasteiger charge is 2.30. The number of aromatic nitrogens is 1. The molecule has 148 valence electrons. The fraction of sp³-hybridized carbons (Fsp3) is 0.100. The van der Waals surface area contributed by atoms with Crippen LogP contribution in [0.2, 0.25) is 0 Å². The summed E-state index contributed by atoms with van der Waals surface area (Å²) < 4.78 is 37.9. The molecule has 0 spiro atoms. The Kier molecular flexibility index (Phi) is 6.18. The van der Waals surface area contributed by atoms with Crippen LogP contribution in [0.4, 0.5) is 18.3 Å². The third kappa shape index (κ3) is 5.58. The maximum absolute atomic E-state index is 12.6. The van der Waals surface area contributed by atoms with Gasteiger partial charge in [-0.25, -0.2) is 4.98 Å². The topological polar surface area (TPSA) is 80.7 Å². The minimum atomic E-state index is -4.37. The molecular formula is C20H15F3N4OS. The average molecular weight is 416 g/mol. The standard InChI is InChI=1S/C20H15F3N4OS/c21-20(22,23)16-8-6-14(7-9-16)17-12-29-19(26-17)27-25-10-2-4-13-3-1-5-15(11-13)18(24)28/h1-9,11-12H,10H2,(H2,24,28). The van der Waals surface area contributed by atoms with Crippen LogP contribution in [0.15, 0.2) is 70.2 Å². The van der Waals surface area contributed by atoms with E-state index in [2.05, 4.69) is 15.2 Å². The van der Waals surface area contributed by atoms with Gasteiger partial charge in [0, 0.05) is 16.5 Å². The summed E-state index contributed by atoms with van der Waals surface area (Å²) in [6, 6.07) is 11.7. The van der Waals surface area contributed by atoms with Gasteiger partial charge in [0.25, 0.3) is 0 Å². The number of nitrogens with zero attached hydrogens (tertiary/aromatic N) is 3. The van der Waals surface area contributed by atoms with Gasteiger partial charge in [-0.15, -0.1) is 16.5 Å². The molecule has 0 unspecified atom stereocenters. The minimum Gasteiger partial charge on any atom is -0.366 e. The number of halogens is 3. The first kappa shape index (κ1) is 20.4. The number of benzene rings is 2. The molecule has 0 aliphatic rings. The molecule has 9 heteroatoms. The fourth-order valence-electron chi connectivity index (χ4n) is 2.41. The number of amides is 1. The number of carbonyl (C=O) groups is 1. The Morgan fingerprint density at radius 1 is 1.17 bits per heavy atom. The van der Waals surface area contributed by atoms with Gasteiger partial charge >= 0.3 is 6.18 Å². The molecule has 1 heterocycles. The third-order valence-corrected chi connectivity index (χ3v) is 4.55. The number of carbonyl (C=O) groups excluding carboxylic acids is 1. The number of thiazole rings is 1. The zero-order valence-electron chi connectivity index (χ0n) is 14.9. The summed E-state index contributed by atoms with van der Waals surface area (Å²) in [5.74, 6) is -0.493. The second-order valence-corrected chi connectivity index (χ2v) is 6.74. The summed E-state index contributed by atoms with van der Waals surface area (Å²) in [4.78, 5) is 15.4. The fourth-order valence-corrected chi connectivity index (χ4v) is 3.07. The molecule has 0 aliphatic heterocycles. The molecule has 0 atom stereocenters. The van der Waals surface area contributed by atoms with Crippen LogP contribution in [-0.4, -0.2) is 17.4 Å². The molecule has 0 radical (unpaired) electrons. The maximum atomic E-state index is 12.6. The highest BCUT2D eigenvalue weighted by atomic mass is 32.1. The second-order valence-electron chi connectivity index (χ2n) is 5.91. The predicted molar refractivity (Wildman–Crippen MR) is 106 cm³/mol. The number of rotatable bonds is 6. The largest absolute Gasteiger partial charge is 0.416 e.